The number of para-hydroxylation sites is 1. The van der Waals surface area contributed by atoms with Crippen molar-refractivity contribution in [3.63, 3.8) is 0 Å². The fourth-order valence-corrected chi connectivity index (χ4v) is 5.19. The molecule has 1 aliphatic rings. The van der Waals surface area contributed by atoms with Crippen molar-refractivity contribution >= 4 is 15.9 Å². The summed E-state index contributed by atoms with van der Waals surface area (Å²) < 4.78 is 33.9. The summed E-state index contributed by atoms with van der Waals surface area (Å²) >= 11 is 0. The van der Waals surface area contributed by atoms with E-state index in [2.05, 4.69) is 19.2 Å². The summed E-state index contributed by atoms with van der Waals surface area (Å²) in [5.74, 6) is 0.909. The van der Waals surface area contributed by atoms with E-state index in [1.165, 1.54) is 4.31 Å². The predicted octanol–water partition coefficient (Wildman–Crippen LogP) is 2.83. The Kier molecular flexibility index (Phi) is 8.28. The molecule has 7 nitrogen and oxygen atoms in total. The highest BCUT2D eigenvalue weighted by molar-refractivity contribution is 7.89. The smallest absolute Gasteiger partial charge is 0.243 e. The number of hydrogen-bond donors (Lipinski definition) is 1. The summed E-state index contributed by atoms with van der Waals surface area (Å²) in [7, 11) is -2.23. The number of methoxy groups -OCH3 is 1. The molecule has 0 bridgehead atoms. The molecule has 0 atom stereocenters. The largest absolute Gasteiger partial charge is 0.496 e. The van der Waals surface area contributed by atoms with Gasteiger partial charge >= 0.3 is 0 Å². The summed E-state index contributed by atoms with van der Waals surface area (Å²) in [6, 6.07) is 14.4. The van der Waals surface area contributed by atoms with E-state index in [4.69, 9.17) is 4.74 Å². The molecule has 1 N–H and O–H groups in total. The van der Waals surface area contributed by atoms with Crippen LogP contribution in [0.2, 0.25) is 0 Å². The van der Waals surface area contributed by atoms with Gasteiger partial charge in [0.1, 0.15) is 5.75 Å². The molecular formula is C24H33N3O4S. The number of sulfonamides is 1. The van der Waals surface area contributed by atoms with Gasteiger partial charge in [0.25, 0.3) is 0 Å². The van der Waals surface area contributed by atoms with Gasteiger partial charge in [0.15, 0.2) is 0 Å². The van der Waals surface area contributed by atoms with Crippen LogP contribution in [0.3, 0.4) is 0 Å². The molecule has 174 valence electrons. The number of nitrogens with one attached hydrogen (secondary N) is 1. The van der Waals surface area contributed by atoms with Crippen LogP contribution in [0.1, 0.15) is 37.3 Å². The number of rotatable bonds is 9. The van der Waals surface area contributed by atoms with Crippen molar-refractivity contribution in [3.8, 4) is 5.75 Å². The Hall–Kier alpha value is -2.42. The summed E-state index contributed by atoms with van der Waals surface area (Å²) in [5.41, 5.74) is 1.83. The normalized spacial score (nSPS) is 14.7. The zero-order valence-corrected chi connectivity index (χ0v) is 19.9. The Morgan fingerprint density at radius 1 is 1.09 bits per heavy atom. The van der Waals surface area contributed by atoms with Gasteiger partial charge in [-0.3, -0.25) is 4.79 Å². The van der Waals surface area contributed by atoms with Crippen LogP contribution in [0.4, 0.5) is 0 Å². The molecule has 1 fully saturated rings. The van der Waals surface area contributed by atoms with Crippen LogP contribution in [0.15, 0.2) is 53.4 Å². The first-order valence-corrected chi connectivity index (χ1v) is 12.5. The van der Waals surface area contributed by atoms with Gasteiger partial charge < -0.3 is 15.0 Å². The van der Waals surface area contributed by atoms with E-state index < -0.39 is 10.0 Å². The molecule has 1 aliphatic heterocycles. The highest BCUT2D eigenvalue weighted by atomic mass is 32.2. The molecule has 0 spiro atoms. The predicted molar refractivity (Wildman–Crippen MR) is 125 cm³/mol. The minimum atomic E-state index is -3.80. The summed E-state index contributed by atoms with van der Waals surface area (Å²) in [6.45, 7) is 7.19. The van der Waals surface area contributed by atoms with E-state index in [0.717, 1.165) is 24.2 Å². The van der Waals surface area contributed by atoms with Crippen molar-refractivity contribution in [1.29, 1.82) is 0 Å². The van der Waals surface area contributed by atoms with E-state index in [1.807, 2.05) is 36.4 Å². The van der Waals surface area contributed by atoms with Gasteiger partial charge in [-0.2, -0.15) is 4.31 Å². The Morgan fingerprint density at radius 3 is 2.38 bits per heavy atom. The third-order valence-corrected chi connectivity index (χ3v) is 7.63. The summed E-state index contributed by atoms with van der Waals surface area (Å²) in [6.07, 6.45) is 0.137. The fraction of sp³-hybridized carbons (Fsp3) is 0.458. The Morgan fingerprint density at radius 2 is 1.75 bits per heavy atom. The van der Waals surface area contributed by atoms with Gasteiger partial charge in [-0.15, -0.1) is 0 Å². The van der Waals surface area contributed by atoms with Gasteiger partial charge in [0, 0.05) is 51.3 Å². The maximum absolute atomic E-state index is 13.6. The molecule has 0 saturated carbocycles. The quantitative estimate of drug-likeness (QED) is 0.624. The zero-order valence-electron chi connectivity index (χ0n) is 19.1. The zero-order chi connectivity index (χ0) is 23.1. The fourth-order valence-electron chi connectivity index (χ4n) is 3.77. The van der Waals surface area contributed by atoms with Gasteiger partial charge in [-0.05, 0) is 29.7 Å². The molecule has 1 amide bonds. The minimum Gasteiger partial charge on any atom is -0.496 e. The van der Waals surface area contributed by atoms with E-state index in [-0.39, 0.29) is 30.3 Å². The SMILES string of the molecule is COc1ccccc1CN(CCC(=O)N1CCNCC1)S(=O)(=O)c1ccc(C(C)C)cc1. The third-order valence-electron chi connectivity index (χ3n) is 5.77. The second-order valence-corrected chi connectivity index (χ2v) is 10.2. The second kappa shape index (κ2) is 10.9. The monoisotopic (exact) mass is 459 g/mol. The van der Waals surface area contributed by atoms with Crippen molar-refractivity contribution in [1.82, 2.24) is 14.5 Å². The topological polar surface area (TPSA) is 79.0 Å². The third kappa shape index (κ3) is 5.88. The lowest BCUT2D eigenvalue weighted by Crippen LogP contribution is -2.47. The second-order valence-electron chi connectivity index (χ2n) is 8.25. The van der Waals surface area contributed by atoms with Crippen LogP contribution >= 0.6 is 0 Å². The number of amides is 1. The standard InChI is InChI=1S/C24H33N3O4S/c1-19(2)20-8-10-22(11-9-20)32(29,30)27(18-21-6-4-5-7-23(21)31-3)15-12-24(28)26-16-13-25-14-17-26/h4-11,19,25H,12-18H2,1-3H3. The van der Waals surface area contributed by atoms with Crippen LogP contribution in [0, 0.1) is 0 Å². The average Bonchev–Trinajstić information content (AvgIpc) is 2.82. The Bertz CT molecular complexity index is 1000. The highest BCUT2D eigenvalue weighted by Crippen LogP contribution is 2.25. The van der Waals surface area contributed by atoms with Gasteiger partial charge in [0.05, 0.1) is 12.0 Å². The van der Waals surface area contributed by atoms with Crippen LogP contribution in [-0.2, 0) is 21.4 Å². The molecule has 1 saturated heterocycles. The molecule has 0 aromatic heterocycles. The molecule has 2 aromatic rings. The number of nitrogens with zero attached hydrogens (tertiary/aromatic N) is 2. The van der Waals surface area contributed by atoms with Crippen LogP contribution in [0.25, 0.3) is 0 Å². The van der Waals surface area contributed by atoms with Crippen molar-refractivity contribution in [3.05, 3.63) is 59.7 Å². The Balaban J connectivity index is 1.85. The molecule has 0 radical (unpaired) electrons. The maximum Gasteiger partial charge on any atom is 0.243 e. The number of piperazine rings is 1. The van der Waals surface area contributed by atoms with Gasteiger partial charge in [-0.1, -0.05) is 44.2 Å². The molecule has 1 heterocycles. The number of carbonyl (C=O) groups excluding carboxylic acids is 1. The molecule has 2 aromatic carbocycles. The molecule has 8 heteroatoms. The molecule has 0 unspecified atom stereocenters. The number of ether oxygens (including phenoxy) is 1. The molecule has 0 aliphatic carbocycles. The van der Waals surface area contributed by atoms with Crippen molar-refractivity contribution in [2.24, 2.45) is 0 Å². The summed E-state index contributed by atoms with van der Waals surface area (Å²) in [5, 5.41) is 3.22. The first-order valence-electron chi connectivity index (χ1n) is 11.0. The van der Waals surface area contributed by atoms with Crippen LogP contribution < -0.4 is 10.1 Å². The van der Waals surface area contributed by atoms with Gasteiger partial charge in [-0.25, -0.2) is 8.42 Å². The molecular weight excluding hydrogens is 426 g/mol. The number of hydrogen-bond acceptors (Lipinski definition) is 5. The van der Waals surface area contributed by atoms with E-state index in [9.17, 15) is 13.2 Å². The van der Waals surface area contributed by atoms with Crippen molar-refractivity contribution in [2.75, 3.05) is 39.8 Å². The average molecular weight is 460 g/mol. The lowest BCUT2D eigenvalue weighted by atomic mass is 10.0. The van der Waals surface area contributed by atoms with Crippen molar-refractivity contribution in [2.45, 2.75) is 37.6 Å². The number of benzene rings is 2. The maximum atomic E-state index is 13.6. The van der Waals surface area contributed by atoms with E-state index >= 15 is 0 Å². The summed E-state index contributed by atoms with van der Waals surface area (Å²) in [4.78, 5) is 14.7. The van der Waals surface area contributed by atoms with E-state index in [0.29, 0.717) is 24.8 Å². The van der Waals surface area contributed by atoms with E-state index in [1.54, 1.807) is 24.1 Å². The number of carbonyl (C=O) groups is 1. The lowest BCUT2D eigenvalue weighted by Gasteiger charge is -2.29. The highest BCUT2D eigenvalue weighted by Gasteiger charge is 2.27. The first kappa shape index (κ1) is 24.2. The minimum absolute atomic E-state index is 0.0260. The lowest BCUT2D eigenvalue weighted by molar-refractivity contribution is -0.131. The van der Waals surface area contributed by atoms with Crippen molar-refractivity contribution < 1.29 is 17.9 Å². The molecule has 3 rings (SSSR count). The Labute approximate surface area is 191 Å². The van der Waals surface area contributed by atoms with Gasteiger partial charge in [0.2, 0.25) is 15.9 Å². The first-order chi connectivity index (χ1) is 15.3. The molecule has 32 heavy (non-hydrogen) atoms. The van der Waals surface area contributed by atoms with Crippen LogP contribution in [-0.4, -0.2) is 63.4 Å². The van der Waals surface area contributed by atoms with Crippen LogP contribution in [0.5, 0.6) is 5.75 Å².